The van der Waals surface area contributed by atoms with Gasteiger partial charge in [0.25, 0.3) is 0 Å². The van der Waals surface area contributed by atoms with E-state index in [-0.39, 0.29) is 5.91 Å². The third kappa shape index (κ3) is 1.93. The third-order valence-corrected chi connectivity index (χ3v) is 4.78. The third-order valence-electron chi connectivity index (χ3n) is 4.78. The van der Waals surface area contributed by atoms with Gasteiger partial charge in [-0.25, -0.2) is 0 Å². The van der Waals surface area contributed by atoms with E-state index in [4.69, 9.17) is 5.73 Å². The summed E-state index contributed by atoms with van der Waals surface area (Å²) < 4.78 is 0. The predicted molar refractivity (Wildman–Crippen MR) is 71.1 cm³/mol. The molecule has 1 atom stereocenters. The van der Waals surface area contributed by atoms with Gasteiger partial charge in [0.1, 0.15) is 0 Å². The number of nitrogens with two attached hydrogens (primary N) is 1. The Morgan fingerprint density at radius 1 is 1.39 bits per heavy atom. The number of amides is 1. The van der Waals surface area contributed by atoms with E-state index in [9.17, 15) is 4.79 Å². The molecule has 1 amide bonds. The molecule has 0 radical (unpaired) electrons. The van der Waals surface area contributed by atoms with Gasteiger partial charge in [0.05, 0.1) is 0 Å². The summed E-state index contributed by atoms with van der Waals surface area (Å²) in [5, 5.41) is 3.64. The first-order chi connectivity index (χ1) is 8.70. The lowest BCUT2D eigenvalue weighted by atomic mass is 9.53. The van der Waals surface area contributed by atoms with Crippen molar-refractivity contribution in [3.05, 3.63) is 35.4 Å². The Morgan fingerprint density at radius 2 is 2.22 bits per heavy atom. The summed E-state index contributed by atoms with van der Waals surface area (Å²) in [5.41, 5.74) is 7.66. The summed E-state index contributed by atoms with van der Waals surface area (Å²) >= 11 is 0. The smallest absolute Gasteiger partial charge is 0.248 e. The Morgan fingerprint density at radius 3 is 2.78 bits per heavy atom. The van der Waals surface area contributed by atoms with Gasteiger partial charge in [0, 0.05) is 18.2 Å². The van der Waals surface area contributed by atoms with E-state index >= 15 is 0 Å². The van der Waals surface area contributed by atoms with Crippen molar-refractivity contribution in [2.45, 2.75) is 44.7 Å². The van der Waals surface area contributed by atoms with Gasteiger partial charge in [0.2, 0.25) is 5.91 Å². The molecule has 0 aromatic heterocycles. The highest BCUT2D eigenvalue weighted by molar-refractivity contribution is 5.92. The highest BCUT2D eigenvalue weighted by Crippen LogP contribution is 2.55. The first-order valence-corrected chi connectivity index (χ1v) is 6.82. The molecule has 3 nitrogen and oxygen atoms in total. The van der Waals surface area contributed by atoms with Crippen LogP contribution in [0.3, 0.4) is 0 Å². The number of benzene rings is 1. The normalized spacial score (nSPS) is 24.3. The zero-order valence-electron chi connectivity index (χ0n) is 10.6. The molecule has 0 heterocycles. The zero-order chi connectivity index (χ0) is 12.6. The van der Waals surface area contributed by atoms with E-state index < -0.39 is 0 Å². The average Bonchev–Trinajstić information content (AvgIpc) is 2.26. The highest BCUT2D eigenvalue weighted by Gasteiger charge is 2.50. The highest BCUT2D eigenvalue weighted by atomic mass is 16.1. The van der Waals surface area contributed by atoms with Gasteiger partial charge in [-0.3, -0.25) is 4.79 Å². The number of hydrogen-bond donors (Lipinski definition) is 2. The fraction of sp³-hybridized carbons (Fsp3) is 0.533. The fourth-order valence-electron chi connectivity index (χ4n) is 3.32. The van der Waals surface area contributed by atoms with E-state index in [1.165, 1.54) is 32.1 Å². The Kier molecular flexibility index (Phi) is 2.86. The molecule has 3 rings (SSSR count). The molecular weight excluding hydrogens is 224 g/mol. The summed E-state index contributed by atoms with van der Waals surface area (Å²) in [6.07, 6.45) is 6.88. The van der Waals surface area contributed by atoms with Crippen LogP contribution in [-0.2, 0) is 6.54 Å². The molecular formula is C15H20N2O. The second kappa shape index (κ2) is 4.39. The van der Waals surface area contributed by atoms with Crippen molar-refractivity contribution in [1.29, 1.82) is 0 Å². The number of rotatable bonds is 4. The maximum absolute atomic E-state index is 11.1. The van der Waals surface area contributed by atoms with Gasteiger partial charge in [0.15, 0.2) is 0 Å². The molecule has 0 aliphatic heterocycles. The van der Waals surface area contributed by atoms with Crippen LogP contribution in [0.15, 0.2) is 24.3 Å². The molecule has 1 aromatic carbocycles. The fourth-order valence-corrected chi connectivity index (χ4v) is 3.32. The van der Waals surface area contributed by atoms with Gasteiger partial charge >= 0.3 is 0 Å². The number of carbonyl (C=O) groups excluding carboxylic acids is 1. The SMILES string of the molecule is NC(=O)c1cccc(CN[C@@H]2CCC23CCC3)c1. The van der Waals surface area contributed by atoms with Crippen LogP contribution < -0.4 is 11.1 Å². The molecule has 18 heavy (non-hydrogen) atoms. The zero-order valence-corrected chi connectivity index (χ0v) is 10.6. The first kappa shape index (κ1) is 11.7. The largest absolute Gasteiger partial charge is 0.366 e. The standard InChI is InChI=1S/C15H20N2O/c16-14(18)12-4-1-3-11(9-12)10-17-13-5-8-15(13)6-2-7-15/h1,3-4,9,13,17H,2,5-8,10H2,(H2,16,18)/t13-/m1/s1. The van der Waals surface area contributed by atoms with E-state index in [0.717, 1.165) is 12.1 Å². The lowest BCUT2D eigenvalue weighted by Crippen LogP contribution is -2.56. The van der Waals surface area contributed by atoms with Crippen LogP contribution in [0.2, 0.25) is 0 Å². The van der Waals surface area contributed by atoms with Crippen LogP contribution >= 0.6 is 0 Å². The summed E-state index contributed by atoms with van der Waals surface area (Å²) in [7, 11) is 0. The summed E-state index contributed by atoms with van der Waals surface area (Å²) in [5.74, 6) is -0.351. The lowest BCUT2D eigenvalue weighted by Gasteiger charge is -2.56. The van der Waals surface area contributed by atoms with Crippen LogP contribution in [-0.4, -0.2) is 11.9 Å². The number of hydrogen-bond acceptors (Lipinski definition) is 2. The van der Waals surface area contributed by atoms with E-state index in [1.54, 1.807) is 6.07 Å². The van der Waals surface area contributed by atoms with Crippen LogP contribution in [0.25, 0.3) is 0 Å². The van der Waals surface area contributed by atoms with Crippen molar-refractivity contribution < 1.29 is 4.79 Å². The minimum atomic E-state index is -0.351. The van der Waals surface area contributed by atoms with Gasteiger partial charge < -0.3 is 11.1 Å². The van der Waals surface area contributed by atoms with Crippen molar-refractivity contribution in [1.82, 2.24) is 5.32 Å². The quantitative estimate of drug-likeness (QED) is 0.853. The monoisotopic (exact) mass is 244 g/mol. The molecule has 96 valence electrons. The summed E-state index contributed by atoms with van der Waals surface area (Å²) in [6.45, 7) is 0.841. The molecule has 0 saturated heterocycles. The summed E-state index contributed by atoms with van der Waals surface area (Å²) in [4.78, 5) is 11.1. The molecule has 0 unspecified atom stereocenters. The topological polar surface area (TPSA) is 55.1 Å². The maximum Gasteiger partial charge on any atom is 0.248 e. The van der Waals surface area contributed by atoms with Crippen molar-refractivity contribution in [2.75, 3.05) is 0 Å². The lowest BCUT2D eigenvalue weighted by molar-refractivity contribution is -0.0181. The van der Waals surface area contributed by atoms with Crippen LogP contribution in [0.4, 0.5) is 0 Å². The average molecular weight is 244 g/mol. The second-order valence-corrected chi connectivity index (χ2v) is 5.75. The molecule has 0 bridgehead atoms. The second-order valence-electron chi connectivity index (χ2n) is 5.75. The first-order valence-electron chi connectivity index (χ1n) is 6.82. The van der Waals surface area contributed by atoms with Crippen LogP contribution in [0, 0.1) is 5.41 Å². The van der Waals surface area contributed by atoms with Gasteiger partial charge in [-0.05, 0) is 48.8 Å². The van der Waals surface area contributed by atoms with Crippen molar-refractivity contribution >= 4 is 5.91 Å². The predicted octanol–water partition coefficient (Wildman–Crippen LogP) is 2.21. The molecule has 2 aliphatic carbocycles. The Balaban J connectivity index is 1.60. The number of primary amides is 1. The van der Waals surface area contributed by atoms with Crippen molar-refractivity contribution in [2.24, 2.45) is 11.1 Å². The minimum absolute atomic E-state index is 0.351. The van der Waals surface area contributed by atoms with E-state index in [0.29, 0.717) is 17.0 Å². The van der Waals surface area contributed by atoms with Gasteiger partial charge in [-0.1, -0.05) is 18.6 Å². The molecule has 3 N–H and O–H groups in total. The molecule has 2 fully saturated rings. The van der Waals surface area contributed by atoms with Crippen molar-refractivity contribution in [3.8, 4) is 0 Å². The van der Waals surface area contributed by atoms with Crippen LogP contribution in [0.5, 0.6) is 0 Å². The Hall–Kier alpha value is -1.35. The molecule has 2 saturated carbocycles. The van der Waals surface area contributed by atoms with Gasteiger partial charge in [-0.2, -0.15) is 0 Å². The maximum atomic E-state index is 11.1. The number of carbonyl (C=O) groups is 1. The summed E-state index contributed by atoms with van der Waals surface area (Å²) in [6, 6.07) is 8.29. The molecule has 2 aliphatic rings. The minimum Gasteiger partial charge on any atom is -0.366 e. The van der Waals surface area contributed by atoms with E-state index in [2.05, 4.69) is 5.32 Å². The van der Waals surface area contributed by atoms with Gasteiger partial charge in [-0.15, -0.1) is 0 Å². The van der Waals surface area contributed by atoms with Crippen molar-refractivity contribution in [3.63, 3.8) is 0 Å². The van der Waals surface area contributed by atoms with Crippen LogP contribution in [0.1, 0.15) is 48.0 Å². The van der Waals surface area contributed by atoms with E-state index in [1.807, 2.05) is 18.2 Å². The molecule has 1 spiro atoms. The molecule has 1 aromatic rings. The Labute approximate surface area is 108 Å². The number of nitrogens with one attached hydrogen (secondary N) is 1. The Bertz CT molecular complexity index is 460. The molecule has 3 heteroatoms.